The molecule has 0 fully saturated rings. The molecule has 0 aromatic carbocycles. The van der Waals surface area contributed by atoms with Crippen LogP contribution in [0.4, 0.5) is 0 Å². The lowest BCUT2D eigenvalue weighted by Gasteiger charge is -2.30. The molecular formula is C16H20N4O. The van der Waals surface area contributed by atoms with Crippen molar-refractivity contribution in [2.45, 2.75) is 39.3 Å². The van der Waals surface area contributed by atoms with Crippen molar-refractivity contribution >= 4 is 5.91 Å². The van der Waals surface area contributed by atoms with E-state index in [1.807, 2.05) is 23.2 Å². The number of nitrogens with zero attached hydrogens (tertiary/aromatic N) is 4. The monoisotopic (exact) mass is 284 g/mol. The Balaban J connectivity index is 1.83. The Kier molecular flexibility index (Phi) is 3.27. The van der Waals surface area contributed by atoms with Crippen LogP contribution in [0.25, 0.3) is 0 Å². The second-order valence-corrected chi connectivity index (χ2v) is 6.39. The van der Waals surface area contributed by atoms with Gasteiger partial charge in [-0.25, -0.2) is 0 Å². The molecule has 110 valence electrons. The van der Waals surface area contributed by atoms with Crippen molar-refractivity contribution in [1.82, 2.24) is 19.7 Å². The van der Waals surface area contributed by atoms with Gasteiger partial charge >= 0.3 is 0 Å². The Morgan fingerprint density at radius 1 is 1.29 bits per heavy atom. The number of hydrogen-bond donors (Lipinski definition) is 0. The number of amides is 1. The Morgan fingerprint density at radius 2 is 2.10 bits per heavy atom. The summed E-state index contributed by atoms with van der Waals surface area (Å²) >= 11 is 0. The van der Waals surface area contributed by atoms with Gasteiger partial charge in [0.05, 0.1) is 11.7 Å². The molecule has 0 bridgehead atoms. The van der Waals surface area contributed by atoms with Crippen LogP contribution in [0.15, 0.2) is 30.6 Å². The van der Waals surface area contributed by atoms with E-state index in [1.54, 1.807) is 12.3 Å². The lowest BCUT2D eigenvalue weighted by Crippen LogP contribution is -2.37. The molecule has 1 aliphatic heterocycles. The molecule has 3 heterocycles. The SMILES string of the molecule is CC(C)(C)n1ncc2c1CCN(C(=O)c1ccccn1)C2. The lowest BCUT2D eigenvalue weighted by molar-refractivity contribution is 0.0726. The van der Waals surface area contributed by atoms with E-state index in [2.05, 4.69) is 35.5 Å². The van der Waals surface area contributed by atoms with E-state index in [-0.39, 0.29) is 11.4 Å². The van der Waals surface area contributed by atoms with Gasteiger partial charge in [0, 0.05) is 37.0 Å². The molecule has 2 aromatic heterocycles. The largest absolute Gasteiger partial charge is 0.332 e. The quantitative estimate of drug-likeness (QED) is 0.807. The summed E-state index contributed by atoms with van der Waals surface area (Å²) < 4.78 is 2.07. The molecule has 3 rings (SSSR count). The summed E-state index contributed by atoms with van der Waals surface area (Å²) in [5, 5.41) is 4.50. The number of pyridine rings is 1. The molecular weight excluding hydrogens is 264 g/mol. The fourth-order valence-corrected chi connectivity index (χ4v) is 2.73. The zero-order valence-electron chi connectivity index (χ0n) is 12.7. The van der Waals surface area contributed by atoms with Crippen LogP contribution in [-0.4, -0.2) is 32.1 Å². The number of fused-ring (bicyclic) bond motifs is 1. The summed E-state index contributed by atoms with van der Waals surface area (Å²) in [6.45, 7) is 7.76. The molecule has 5 nitrogen and oxygen atoms in total. The molecule has 0 spiro atoms. The first-order valence-corrected chi connectivity index (χ1v) is 7.23. The standard InChI is InChI=1S/C16H20N4O/c1-16(2,3)20-14-7-9-19(11-12(14)10-18-20)15(21)13-6-4-5-8-17-13/h4-6,8,10H,7,9,11H2,1-3H3. The van der Waals surface area contributed by atoms with Gasteiger partial charge in [0.2, 0.25) is 0 Å². The Hall–Kier alpha value is -2.17. The van der Waals surface area contributed by atoms with Crippen LogP contribution in [0.5, 0.6) is 0 Å². The fourth-order valence-electron chi connectivity index (χ4n) is 2.73. The van der Waals surface area contributed by atoms with Gasteiger partial charge in [-0.2, -0.15) is 5.10 Å². The van der Waals surface area contributed by atoms with Gasteiger partial charge in [0.25, 0.3) is 5.91 Å². The zero-order chi connectivity index (χ0) is 15.0. The van der Waals surface area contributed by atoms with Gasteiger partial charge in [0.15, 0.2) is 0 Å². The van der Waals surface area contributed by atoms with Crippen LogP contribution in [-0.2, 0) is 18.5 Å². The minimum atomic E-state index is -0.0270. The van der Waals surface area contributed by atoms with E-state index < -0.39 is 0 Å². The summed E-state index contributed by atoms with van der Waals surface area (Å²) in [5.74, 6) is -0.00948. The third kappa shape index (κ3) is 2.55. The molecule has 0 radical (unpaired) electrons. The van der Waals surface area contributed by atoms with Crippen molar-refractivity contribution in [1.29, 1.82) is 0 Å². The van der Waals surface area contributed by atoms with Crippen LogP contribution in [0.1, 0.15) is 42.5 Å². The van der Waals surface area contributed by atoms with E-state index in [9.17, 15) is 4.79 Å². The minimum absolute atomic E-state index is 0.00948. The first-order chi connectivity index (χ1) is 9.97. The molecule has 0 saturated carbocycles. The van der Waals surface area contributed by atoms with Crippen molar-refractivity contribution < 1.29 is 4.79 Å². The summed E-state index contributed by atoms with van der Waals surface area (Å²) in [4.78, 5) is 18.4. The maximum atomic E-state index is 12.4. The number of hydrogen-bond acceptors (Lipinski definition) is 3. The van der Waals surface area contributed by atoms with Crippen molar-refractivity contribution in [3.05, 3.63) is 47.5 Å². The average molecular weight is 284 g/mol. The highest BCUT2D eigenvalue weighted by Crippen LogP contribution is 2.24. The molecule has 0 N–H and O–H groups in total. The normalized spacial score (nSPS) is 14.9. The topological polar surface area (TPSA) is 51.0 Å². The van der Waals surface area contributed by atoms with Crippen LogP contribution in [0, 0.1) is 0 Å². The molecule has 5 heteroatoms. The second-order valence-electron chi connectivity index (χ2n) is 6.39. The predicted octanol–water partition coefficient (Wildman–Crippen LogP) is 2.23. The van der Waals surface area contributed by atoms with Crippen molar-refractivity contribution in [3.8, 4) is 0 Å². The highest BCUT2D eigenvalue weighted by molar-refractivity contribution is 5.92. The number of rotatable bonds is 1. The van der Waals surface area contributed by atoms with Gasteiger partial charge in [-0.05, 0) is 32.9 Å². The Morgan fingerprint density at radius 3 is 2.76 bits per heavy atom. The van der Waals surface area contributed by atoms with Crippen LogP contribution < -0.4 is 0 Å². The average Bonchev–Trinajstić information content (AvgIpc) is 2.90. The van der Waals surface area contributed by atoms with E-state index in [1.165, 1.54) is 5.69 Å². The molecule has 1 amide bonds. The Bertz CT molecular complexity index is 655. The highest BCUT2D eigenvalue weighted by atomic mass is 16.2. The van der Waals surface area contributed by atoms with Gasteiger partial charge in [-0.1, -0.05) is 6.07 Å². The molecule has 1 aliphatic rings. The van der Waals surface area contributed by atoms with E-state index in [0.29, 0.717) is 18.8 Å². The van der Waals surface area contributed by atoms with Gasteiger partial charge < -0.3 is 4.90 Å². The summed E-state index contributed by atoms with van der Waals surface area (Å²) in [5.41, 5.74) is 2.86. The fraction of sp³-hybridized carbons (Fsp3) is 0.438. The number of carbonyl (C=O) groups excluding carboxylic acids is 1. The Labute approximate surface area is 124 Å². The first-order valence-electron chi connectivity index (χ1n) is 7.23. The van der Waals surface area contributed by atoms with Crippen molar-refractivity contribution in [3.63, 3.8) is 0 Å². The maximum Gasteiger partial charge on any atom is 0.272 e. The molecule has 0 aliphatic carbocycles. The lowest BCUT2D eigenvalue weighted by atomic mass is 10.0. The zero-order valence-corrected chi connectivity index (χ0v) is 12.7. The third-order valence-corrected chi connectivity index (χ3v) is 3.74. The van der Waals surface area contributed by atoms with Crippen LogP contribution >= 0.6 is 0 Å². The van der Waals surface area contributed by atoms with Crippen molar-refractivity contribution in [2.75, 3.05) is 6.54 Å². The summed E-state index contributed by atoms with van der Waals surface area (Å²) in [6, 6.07) is 5.42. The molecule has 0 saturated heterocycles. The van der Waals surface area contributed by atoms with E-state index in [0.717, 1.165) is 12.0 Å². The van der Waals surface area contributed by atoms with E-state index >= 15 is 0 Å². The highest BCUT2D eigenvalue weighted by Gasteiger charge is 2.28. The van der Waals surface area contributed by atoms with Gasteiger partial charge in [0.1, 0.15) is 5.69 Å². The van der Waals surface area contributed by atoms with Gasteiger partial charge in [-0.15, -0.1) is 0 Å². The van der Waals surface area contributed by atoms with Gasteiger partial charge in [-0.3, -0.25) is 14.5 Å². The van der Waals surface area contributed by atoms with Crippen LogP contribution in [0.2, 0.25) is 0 Å². The molecule has 0 unspecified atom stereocenters. The molecule has 21 heavy (non-hydrogen) atoms. The van der Waals surface area contributed by atoms with Crippen molar-refractivity contribution in [2.24, 2.45) is 0 Å². The maximum absolute atomic E-state index is 12.4. The summed E-state index contributed by atoms with van der Waals surface area (Å²) in [6.07, 6.45) is 4.38. The van der Waals surface area contributed by atoms with E-state index in [4.69, 9.17) is 0 Å². The summed E-state index contributed by atoms with van der Waals surface area (Å²) in [7, 11) is 0. The molecule has 0 atom stereocenters. The first kappa shape index (κ1) is 13.8. The molecule has 2 aromatic rings. The third-order valence-electron chi connectivity index (χ3n) is 3.74. The predicted molar refractivity (Wildman–Crippen MR) is 79.9 cm³/mol. The number of carbonyl (C=O) groups is 1. The second kappa shape index (κ2) is 4.98. The van der Waals surface area contributed by atoms with Crippen LogP contribution in [0.3, 0.4) is 0 Å². The number of aromatic nitrogens is 3. The minimum Gasteiger partial charge on any atom is -0.332 e. The smallest absolute Gasteiger partial charge is 0.272 e.